The number of fused-ring (bicyclic) bond motifs is 7. The minimum Gasteiger partial charge on any atom is -0.311 e. The zero-order valence-corrected chi connectivity index (χ0v) is 47.9. The van der Waals surface area contributed by atoms with Gasteiger partial charge in [-0.25, -0.2) is 0 Å². The van der Waals surface area contributed by atoms with Gasteiger partial charge in [0.1, 0.15) is 0 Å². The van der Waals surface area contributed by atoms with E-state index in [2.05, 4.69) is 260 Å². The quantitative estimate of drug-likeness (QED) is 0.159. The molecule has 74 heavy (non-hydrogen) atoms. The van der Waals surface area contributed by atoms with Crippen LogP contribution in [0.4, 0.5) is 51.2 Å². The van der Waals surface area contributed by atoms with E-state index in [1.165, 1.54) is 107 Å². The number of para-hydroxylation sites is 2. The van der Waals surface area contributed by atoms with Crippen LogP contribution in [0.2, 0.25) is 0 Å². The molecule has 0 bridgehead atoms. The van der Waals surface area contributed by atoms with Crippen LogP contribution in [0.1, 0.15) is 180 Å². The highest BCUT2D eigenvalue weighted by Crippen LogP contribution is 2.57. The molecule has 0 unspecified atom stereocenters. The third-order valence-corrected chi connectivity index (χ3v) is 19.1. The fourth-order valence-electron chi connectivity index (χ4n) is 15.8. The molecule has 0 aromatic heterocycles. The standard InChI is InChI=1S/C70H80BN3/c1-43-34-50-52(69(14,15)41-67(50,10)11)39-58(43)74-59-40-53-51(68(12,13)42-70(53,16)17)38-55(59)71-54-35-45(64(3,4)5)28-30-57(54)73(56-31-29-49-62(44(56)2)66(8,9)33-32-65(49,6)7)60-36-48(37-61(74)63(60)71)72(46-24-20-18-21-25-46)47-26-22-19-23-27-47/h18-31,34-40H,32-33,41-42H2,1-17H3. The first-order valence-corrected chi connectivity index (χ1v) is 27.9. The van der Waals surface area contributed by atoms with E-state index in [0.717, 1.165) is 36.3 Å². The maximum atomic E-state index is 2.75. The smallest absolute Gasteiger partial charge is 0.252 e. The van der Waals surface area contributed by atoms with Gasteiger partial charge in [0.2, 0.25) is 0 Å². The average Bonchev–Trinajstić information content (AvgIpc) is 3.63. The van der Waals surface area contributed by atoms with Gasteiger partial charge >= 0.3 is 0 Å². The monoisotopic (exact) mass is 974 g/mol. The lowest BCUT2D eigenvalue weighted by Gasteiger charge is -2.47. The summed E-state index contributed by atoms with van der Waals surface area (Å²) in [5.41, 5.74) is 28.5. The minimum absolute atomic E-state index is 0.0101. The molecule has 4 heteroatoms. The maximum Gasteiger partial charge on any atom is 0.252 e. The number of aryl methyl sites for hydroxylation is 1. The number of hydrogen-bond acceptors (Lipinski definition) is 3. The Morgan fingerprint density at radius 2 is 0.892 bits per heavy atom. The van der Waals surface area contributed by atoms with Crippen LogP contribution >= 0.6 is 0 Å². The molecule has 3 nitrogen and oxygen atoms in total. The van der Waals surface area contributed by atoms with Gasteiger partial charge in [-0.1, -0.05) is 171 Å². The summed E-state index contributed by atoms with van der Waals surface area (Å²) in [4.78, 5) is 7.97. The Morgan fingerprint density at radius 1 is 0.419 bits per heavy atom. The lowest BCUT2D eigenvalue weighted by molar-refractivity contribution is 0.330. The molecule has 2 aliphatic heterocycles. The van der Waals surface area contributed by atoms with Crippen molar-refractivity contribution < 1.29 is 0 Å². The zero-order chi connectivity index (χ0) is 52.6. The minimum atomic E-state index is -0.0500. The van der Waals surface area contributed by atoms with E-state index >= 15 is 0 Å². The second-order valence-electron chi connectivity index (χ2n) is 28.5. The van der Waals surface area contributed by atoms with Crippen LogP contribution in [0.15, 0.2) is 127 Å². The molecule has 0 amide bonds. The lowest BCUT2D eigenvalue weighted by atomic mass is 9.33. The van der Waals surface area contributed by atoms with Gasteiger partial charge in [-0.05, 0) is 205 Å². The average molecular weight is 974 g/mol. The third kappa shape index (κ3) is 7.19. The number of benzene rings is 7. The van der Waals surface area contributed by atoms with E-state index in [4.69, 9.17) is 0 Å². The van der Waals surface area contributed by atoms with Crippen molar-refractivity contribution in [3.63, 3.8) is 0 Å². The first-order valence-electron chi connectivity index (χ1n) is 27.9. The highest BCUT2D eigenvalue weighted by molar-refractivity contribution is 7.00. The van der Waals surface area contributed by atoms with E-state index < -0.39 is 0 Å². The molecule has 0 spiro atoms. The van der Waals surface area contributed by atoms with E-state index in [1.807, 2.05) is 0 Å². The number of hydrogen-bond donors (Lipinski definition) is 0. The summed E-state index contributed by atoms with van der Waals surface area (Å²) >= 11 is 0. The van der Waals surface area contributed by atoms with Gasteiger partial charge in [-0.3, -0.25) is 0 Å². The highest BCUT2D eigenvalue weighted by atomic mass is 15.2. The van der Waals surface area contributed by atoms with E-state index in [-0.39, 0.29) is 44.6 Å². The maximum absolute atomic E-state index is 2.75. The summed E-state index contributed by atoms with van der Waals surface area (Å²) in [6.07, 6.45) is 4.58. The van der Waals surface area contributed by atoms with Gasteiger partial charge in [-0.15, -0.1) is 0 Å². The normalized spacial score (nSPS) is 19.5. The summed E-state index contributed by atoms with van der Waals surface area (Å²) in [5, 5.41) is 0. The molecule has 3 aliphatic carbocycles. The van der Waals surface area contributed by atoms with Crippen LogP contribution in [0.3, 0.4) is 0 Å². The Balaban J connectivity index is 1.27. The summed E-state index contributed by atoms with van der Waals surface area (Å²) in [5.74, 6) is 0. The second kappa shape index (κ2) is 15.8. The van der Waals surface area contributed by atoms with Crippen LogP contribution < -0.4 is 31.1 Å². The second-order valence-corrected chi connectivity index (χ2v) is 28.5. The first-order chi connectivity index (χ1) is 34.6. The van der Waals surface area contributed by atoms with E-state index in [0.29, 0.717) is 0 Å². The highest BCUT2D eigenvalue weighted by Gasteiger charge is 2.50. The molecule has 0 saturated carbocycles. The molecular formula is C70H80BN3. The van der Waals surface area contributed by atoms with Crippen LogP contribution in [0, 0.1) is 13.8 Å². The Hall–Kier alpha value is -6.00. The molecule has 0 fully saturated rings. The third-order valence-electron chi connectivity index (χ3n) is 19.1. The zero-order valence-electron chi connectivity index (χ0n) is 47.9. The lowest BCUT2D eigenvalue weighted by Crippen LogP contribution is -2.62. The van der Waals surface area contributed by atoms with Crippen molar-refractivity contribution >= 4 is 74.3 Å². The van der Waals surface area contributed by atoms with Crippen LogP contribution in [-0.4, -0.2) is 6.71 Å². The molecule has 7 aromatic rings. The van der Waals surface area contributed by atoms with Gasteiger partial charge in [0.05, 0.1) is 5.69 Å². The molecule has 5 aliphatic rings. The van der Waals surface area contributed by atoms with E-state index in [1.54, 1.807) is 0 Å². The topological polar surface area (TPSA) is 9.72 Å². The summed E-state index contributed by atoms with van der Waals surface area (Å²) in [6.45, 7) is 41.7. The van der Waals surface area contributed by atoms with Gasteiger partial charge in [0.25, 0.3) is 6.71 Å². The van der Waals surface area contributed by atoms with Gasteiger partial charge < -0.3 is 14.7 Å². The summed E-state index contributed by atoms with van der Waals surface area (Å²) < 4.78 is 0. The fraction of sp³-hybridized carbons (Fsp3) is 0.400. The summed E-state index contributed by atoms with van der Waals surface area (Å²) in [6, 6.07) is 50.3. The van der Waals surface area contributed by atoms with Crippen molar-refractivity contribution in [3.05, 3.63) is 177 Å². The predicted octanol–water partition coefficient (Wildman–Crippen LogP) is 17.4. The van der Waals surface area contributed by atoms with Gasteiger partial charge in [-0.2, -0.15) is 0 Å². The van der Waals surface area contributed by atoms with Crippen LogP contribution in [0.5, 0.6) is 0 Å². The van der Waals surface area contributed by atoms with Crippen molar-refractivity contribution in [2.75, 3.05) is 14.7 Å². The largest absolute Gasteiger partial charge is 0.311 e. The van der Waals surface area contributed by atoms with Crippen LogP contribution in [0.25, 0.3) is 0 Å². The number of rotatable bonds is 5. The molecule has 12 rings (SSSR count). The molecule has 0 atom stereocenters. The molecule has 0 radical (unpaired) electrons. The predicted molar refractivity (Wildman–Crippen MR) is 320 cm³/mol. The SMILES string of the molecule is Cc1cc2c(cc1N1c3cc4c(cc3B3c5cc(C(C)(C)C)ccc5N(c5ccc6c(c5C)C(C)(C)CCC6(C)C)c5cc(N(c6ccccc6)c6ccccc6)cc1c53)C(C)(C)CC4(C)C)C(C)(C)CC2(C)C. The Labute approximate surface area is 445 Å². The number of nitrogens with zero attached hydrogens (tertiary/aromatic N) is 3. The molecule has 0 saturated heterocycles. The van der Waals surface area contributed by atoms with Crippen molar-refractivity contribution in [2.24, 2.45) is 0 Å². The fourth-order valence-corrected chi connectivity index (χ4v) is 15.8. The van der Waals surface area contributed by atoms with Crippen molar-refractivity contribution in [3.8, 4) is 0 Å². The van der Waals surface area contributed by atoms with Crippen molar-refractivity contribution in [1.82, 2.24) is 0 Å². The van der Waals surface area contributed by atoms with E-state index in [9.17, 15) is 0 Å². The Morgan fingerprint density at radius 3 is 1.45 bits per heavy atom. The number of anilines is 9. The Bertz CT molecular complexity index is 3430. The van der Waals surface area contributed by atoms with Gasteiger partial charge in [0, 0.05) is 45.5 Å². The molecule has 2 heterocycles. The first kappa shape index (κ1) is 48.9. The molecule has 378 valence electrons. The summed E-state index contributed by atoms with van der Waals surface area (Å²) in [7, 11) is 0. The molecule has 7 aromatic carbocycles. The van der Waals surface area contributed by atoms with Crippen LogP contribution in [-0.2, 0) is 37.9 Å². The van der Waals surface area contributed by atoms with Crippen molar-refractivity contribution in [1.29, 1.82) is 0 Å². The van der Waals surface area contributed by atoms with Gasteiger partial charge in [0.15, 0.2) is 0 Å². The molecule has 0 N–H and O–H groups in total. The van der Waals surface area contributed by atoms with Crippen molar-refractivity contribution in [2.45, 2.75) is 181 Å². The Kier molecular flexibility index (Phi) is 10.4. The molecular weight excluding hydrogens is 894 g/mol.